The van der Waals surface area contributed by atoms with Gasteiger partial charge in [-0.05, 0) is 43.7 Å². The van der Waals surface area contributed by atoms with Crippen LogP contribution in [0.4, 0.5) is 0 Å². The summed E-state index contributed by atoms with van der Waals surface area (Å²) in [5.41, 5.74) is 0. The zero-order valence-electron chi connectivity index (χ0n) is 11.2. The average Bonchev–Trinajstić information content (AvgIpc) is 2.89. The number of ether oxygens (including phenoxy) is 1. The van der Waals surface area contributed by atoms with Gasteiger partial charge in [0, 0.05) is 17.5 Å². The second-order valence-corrected chi connectivity index (χ2v) is 5.09. The Labute approximate surface area is 130 Å². The first-order valence-electron chi connectivity index (χ1n) is 6.62. The van der Waals surface area contributed by atoms with Crippen molar-refractivity contribution in [2.45, 2.75) is 25.3 Å². The molecule has 1 aliphatic heterocycles. The van der Waals surface area contributed by atoms with E-state index in [1.807, 2.05) is 12.1 Å². The number of hydrogen-bond donors (Lipinski definition) is 2. The van der Waals surface area contributed by atoms with Gasteiger partial charge in [0.15, 0.2) is 0 Å². The van der Waals surface area contributed by atoms with Gasteiger partial charge >= 0.3 is 0 Å². The van der Waals surface area contributed by atoms with E-state index in [-0.39, 0.29) is 18.3 Å². The summed E-state index contributed by atoms with van der Waals surface area (Å²) in [4.78, 5) is 11.6. The highest BCUT2D eigenvalue weighted by Gasteiger charge is 2.17. The van der Waals surface area contributed by atoms with Crippen LogP contribution in [-0.4, -0.2) is 31.6 Å². The van der Waals surface area contributed by atoms with Crippen molar-refractivity contribution in [2.24, 2.45) is 0 Å². The molecule has 1 aromatic carbocycles. The van der Waals surface area contributed by atoms with Crippen molar-refractivity contribution in [3.05, 3.63) is 29.3 Å². The standard InChI is InChI=1S/C14H19ClN2O2.ClH/c15-11-3-5-13(6-4-11)19-9-8-17-14(18)10-12-2-1-7-16-12;/h3-6,12,16H,1-2,7-10H2,(H,17,18);1H. The molecule has 20 heavy (non-hydrogen) atoms. The predicted molar refractivity (Wildman–Crippen MR) is 82.8 cm³/mol. The molecule has 0 radical (unpaired) electrons. The van der Waals surface area contributed by atoms with E-state index in [0.29, 0.717) is 30.6 Å². The van der Waals surface area contributed by atoms with Crippen LogP contribution in [0.25, 0.3) is 0 Å². The molecule has 1 aromatic rings. The molecule has 0 saturated carbocycles. The van der Waals surface area contributed by atoms with E-state index in [0.717, 1.165) is 25.1 Å². The zero-order chi connectivity index (χ0) is 13.5. The molecule has 6 heteroatoms. The smallest absolute Gasteiger partial charge is 0.221 e. The maximum atomic E-state index is 11.6. The van der Waals surface area contributed by atoms with Gasteiger partial charge in [-0.3, -0.25) is 4.79 Å². The average molecular weight is 319 g/mol. The van der Waals surface area contributed by atoms with Crippen molar-refractivity contribution in [1.29, 1.82) is 0 Å². The molecular formula is C14H20Cl2N2O2. The molecule has 1 fully saturated rings. The van der Waals surface area contributed by atoms with E-state index >= 15 is 0 Å². The number of nitrogens with one attached hydrogen (secondary N) is 2. The molecule has 112 valence electrons. The van der Waals surface area contributed by atoms with Gasteiger partial charge < -0.3 is 15.4 Å². The molecule has 1 saturated heterocycles. The summed E-state index contributed by atoms with van der Waals surface area (Å²) in [5, 5.41) is 6.85. The monoisotopic (exact) mass is 318 g/mol. The zero-order valence-corrected chi connectivity index (χ0v) is 12.8. The largest absolute Gasteiger partial charge is 0.492 e. The van der Waals surface area contributed by atoms with Gasteiger partial charge in [0.05, 0.1) is 6.54 Å². The first kappa shape index (κ1) is 17.1. The minimum atomic E-state index is 0. The number of amides is 1. The van der Waals surface area contributed by atoms with E-state index < -0.39 is 0 Å². The third-order valence-corrected chi connectivity index (χ3v) is 3.35. The Morgan fingerprint density at radius 1 is 1.40 bits per heavy atom. The van der Waals surface area contributed by atoms with Crippen molar-refractivity contribution in [3.8, 4) is 5.75 Å². The second-order valence-electron chi connectivity index (χ2n) is 4.65. The van der Waals surface area contributed by atoms with Crippen LogP contribution in [-0.2, 0) is 4.79 Å². The molecule has 1 heterocycles. The van der Waals surface area contributed by atoms with Crippen LogP contribution < -0.4 is 15.4 Å². The fourth-order valence-electron chi connectivity index (χ4n) is 2.12. The summed E-state index contributed by atoms with van der Waals surface area (Å²) in [6, 6.07) is 7.53. The van der Waals surface area contributed by atoms with E-state index in [1.165, 1.54) is 0 Å². The lowest BCUT2D eigenvalue weighted by atomic mass is 10.1. The van der Waals surface area contributed by atoms with Crippen LogP contribution in [0.2, 0.25) is 5.02 Å². The van der Waals surface area contributed by atoms with Crippen molar-refractivity contribution >= 4 is 29.9 Å². The van der Waals surface area contributed by atoms with Crippen molar-refractivity contribution < 1.29 is 9.53 Å². The Morgan fingerprint density at radius 3 is 2.80 bits per heavy atom. The van der Waals surface area contributed by atoms with E-state index in [2.05, 4.69) is 10.6 Å². The molecule has 0 aliphatic carbocycles. The predicted octanol–water partition coefficient (Wildman–Crippen LogP) is 2.40. The summed E-state index contributed by atoms with van der Waals surface area (Å²) in [6.07, 6.45) is 2.81. The lowest BCUT2D eigenvalue weighted by molar-refractivity contribution is -0.121. The number of benzene rings is 1. The molecule has 0 aromatic heterocycles. The minimum Gasteiger partial charge on any atom is -0.492 e. The molecular weight excluding hydrogens is 299 g/mol. The Morgan fingerprint density at radius 2 is 2.15 bits per heavy atom. The summed E-state index contributed by atoms with van der Waals surface area (Å²) >= 11 is 5.78. The lowest BCUT2D eigenvalue weighted by Gasteiger charge is -2.11. The third-order valence-electron chi connectivity index (χ3n) is 3.10. The first-order valence-corrected chi connectivity index (χ1v) is 7.00. The van der Waals surface area contributed by atoms with Crippen LogP contribution in [0.3, 0.4) is 0 Å². The van der Waals surface area contributed by atoms with Crippen LogP contribution >= 0.6 is 24.0 Å². The van der Waals surface area contributed by atoms with Crippen molar-refractivity contribution in [3.63, 3.8) is 0 Å². The van der Waals surface area contributed by atoms with Crippen molar-refractivity contribution in [1.82, 2.24) is 10.6 Å². The highest BCUT2D eigenvalue weighted by Crippen LogP contribution is 2.15. The van der Waals surface area contributed by atoms with E-state index in [9.17, 15) is 4.79 Å². The normalized spacial score (nSPS) is 17.4. The first-order chi connectivity index (χ1) is 9.24. The van der Waals surface area contributed by atoms with Crippen LogP contribution in [0.1, 0.15) is 19.3 Å². The Hall–Kier alpha value is -0.970. The third kappa shape index (κ3) is 5.99. The van der Waals surface area contributed by atoms with Crippen LogP contribution in [0.15, 0.2) is 24.3 Å². The van der Waals surface area contributed by atoms with Crippen LogP contribution in [0, 0.1) is 0 Å². The molecule has 1 aliphatic rings. The number of hydrogen-bond acceptors (Lipinski definition) is 3. The molecule has 4 nitrogen and oxygen atoms in total. The van der Waals surface area contributed by atoms with Gasteiger partial charge in [0.25, 0.3) is 0 Å². The van der Waals surface area contributed by atoms with Gasteiger partial charge in [0.2, 0.25) is 5.91 Å². The molecule has 0 spiro atoms. The highest BCUT2D eigenvalue weighted by atomic mass is 35.5. The highest BCUT2D eigenvalue weighted by molar-refractivity contribution is 6.30. The van der Waals surface area contributed by atoms with Gasteiger partial charge in [-0.15, -0.1) is 12.4 Å². The Kier molecular flexibility index (Phi) is 7.73. The van der Waals surface area contributed by atoms with Gasteiger partial charge in [0.1, 0.15) is 12.4 Å². The number of carbonyl (C=O) groups is 1. The fourth-order valence-corrected chi connectivity index (χ4v) is 2.24. The van der Waals surface area contributed by atoms with Gasteiger partial charge in [-0.1, -0.05) is 11.6 Å². The second kappa shape index (κ2) is 9.06. The summed E-state index contributed by atoms with van der Waals surface area (Å²) < 4.78 is 5.49. The van der Waals surface area contributed by atoms with Gasteiger partial charge in [-0.25, -0.2) is 0 Å². The minimum absolute atomic E-state index is 0. The summed E-state index contributed by atoms with van der Waals surface area (Å²) in [6.45, 7) is 2.01. The van der Waals surface area contributed by atoms with E-state index in [1.54, 1.807) is 12.1 Å². The molecule has 1 unspecified atom stereocenters. The van der Waals surface area contributed by atoms with Crippen LogP contribution in [0.5, 0.6) is 5.75 Å². The number of rotatable bonds is 6. The molecule has 2 rings (SSSR count). The molecule has 2 N–H and O–H groups in total. The lowest BCUT2D eigenvalue weighted by Crippen LogP contribution is -2.33. The number of carbonyl (C=O) groups excluding carboxylic acids is 1. The summed E-state index contributed by atoms with van der Waals surface area (Å²) in [7, 11) is 0. The quantitative estimate of drug-likeness (QED) is 0.792. The Bertz CT molecular complexity index is 406. The van der Waals surface area contributed by atoms with Gasteiger partial charge in [-0.2, -0.15) is 0 Å². The summed E-state index contributed by atoms with van der Waals surface area (Å²) in [5.74, 6) is 0.843. The van der Waals surface area contributed by atoms with E-state index in [4.69, 9.17) is 16.3 Å². The van der Waals surface area contributed by atoms with Crippen molar-refractivity contribution in [2.75, 3.05) is 19.7 Å². The maximum Gasteiger partial charge on any atom is 0.221 e. The number of halogens is 2. The Balaban J connectivity index is 0.00000200. The SMILES string of the molecule is Cl.O=C(CC1CCCN1)NCCOc1ccc(Cl)cc1. The molecule has 1 amide bonds. The topological polar surface area (TPSA) is 50.4 Å². The maximum absolute atomic E-state index is 11.6. The molecule has 0 bridgehead atoms. The molecule has 1 atom stereocenters. The fraction of sp³-hybridized carbons (Fsp3) is 0.500.